The fourth-order valence-corrected chi connectivity index (χ4v) is 2.83. The SMILES string of the molecule is C[C@@H](NC[C@H]1COC2(CCOCC2)O1)c1ccccc1. The molecule has 2 atom stereocenters. The van der Waals surface area contributed by atoms with E-state index in [1.54, 1.807) is 0 Å². The van der Waals surface area contributed by atoms with Gasteiger partial charge in [-0.05, 0) is 12.5 Å². The molecule has 0 aromatic heterocycles. The second-order valence-corrected chi connectivity index (χ2v) is 5.61. The quantitative estimate of drug-likeness (QED) is 0.916. The van der Waals surface area contributed by atoms with Crippen LogP contribution in [0.25, 0.3) is 0 Å². The van der Waals surface area contributed by atoms with Crippen molar-refractivity contribution in [3.8, 4) is 0 Å². The van der Waals surface area contributed by atoms with Crippen LogP contribution in [0.15, 0.2) is 30.3 Å². The molecule has 4 nitrogen and oxygen atoms in total. The Hall–Kier alpha value is -0.940. The molecule has 1 N–H and O–H groups in total. The van der Waals surface area contributed by atoms with Gasteiger partial charge in [0.05, 0.1) is 25.9 Å². The van der Waals surface area contributed by atoms with E-state index in [9.17, 15) is 0 Å². The van der Waals surface area contributed by atoms with E-state index in [0.29, 0.717) is 12.6 Å². The van der Waals surface area contributed by atoms with Crippen LogP contribution in [0.4, 0.5) is 0 Å². The molecule has 2 fully saturated rings. The van der Waals surface area contributed by atoms with E-state index in [2.05, 4.69) is 36.5 Å². The summed E-state index contributed by atoms with van der Waals surface area (Å²) in [6.45, 7) is 5.14. The van der Waals surface area contributed by atoms with Gasteiger partial charge in [0.25, 0.3) is 0 Å². The van der Waals surface area contributed by atoms with Gasteiger partial charge in [0.2, 0.25) is 0 Å². The molecule has 0 aliphatic carbocycles. The number of rotatable bonds is 4. The van der Waals surface area contributed by atoms with Crippen LogP contribution < -0.4 is 5.32 Å². The van der Waals surface area contributed by atoms with Crippen molar-refractivity contribution in [3.05, 3.63) is 35.9 Å². The zero-order valence-electron chi connectivity index (χ0n) is 12.0. The number of hydrogen-bond acceptors (Lipinski definition) is 4. The third-order valence-corrected chi connectivity index (χ3v) is 4.12. The molecule has 2 aliphatic rings. The largest absolute Gasteiger partial charge is 0.381 e. The summed E-state index contributed by atoms with van der Waals surface area (Å²) >= 11 is 0. The maximum absolute atomic E-state index is 6.11. The summed E-state index contributed by atoms with van der Waals surface area (Å²) in [6, 6.07) is 10.8. The molecule has 0 radical (unpaired) electrons. The van der Waals surface area contributed by atoms with E-state index in [1.165, 1.54) is 5.56 Å². The molecule has 4 heteroatoms. The molecule has 0 amide bonds. The van der Waals surface area contributed by atoms with Crippen LogP contribution >= 0.6 is 0 Å². The molecule has 0 bridgehead atoms. The predicted molar refractivity (Wildman–Crippen MR) is 76.5 cm³/mol. The highest BCUT2D eigenvalue weighted by Crippen LogP contribution is 2.33. The fraction of sp³-hybridized carbons (Fsp3) is 0.625. The molecular formula is C16H23NO3. The summed E-state index contributed by atoms with van der Waals surface area (Å²) in [5, 5.41) is 3.53. The van der Waals surface area contributed by atoms with Gasteiger partial charge in [-0.25, -0.2) is 0 Å². The Morgan fingerprint density at radius 3 is 2.75 bits per heavy atom. The van der Waals surface area contributed by atoms with E-state index in [-0.39, 0.29) is 11.9 Å². The van der Waals surface area contributed by atoms with Crippen molar-refractivity contribution in [1.29, 1.82) is 0 Å². The van der Waals surface area contributed by atoms with Crippen LogP contribution in [-0.2, 0) is 14.2 Å². The molecule has 3 rings (SSSR count). The van der Waals surface area contributed by atoms with E-state index < -0.39 is 0 Å². The lowest BCUT2D eigenvalue weighted by Gasteiger charge is -2.31. The molecule has 2 heterocycles. The van der Waals surface area contributed by atoms with E-state index in [1.807, 2.05) is 6.07 Å². The van der Waals surface area contributed by atoms with Crippen LogP contribution in [0.1, 0.15) is 31.4 Å². The third-order valence-electron chi connectivity index (χ3n) is 4.12. The normalized spacial score (nSPS) is 26.8. The van der Waals surface area contributed by atoms with Crippen molar-refractivity contribution >= 4 is 0 Å². The summed E-state index contributed by atoms with van der Waals surface area (Å²) in [5.41, 5.74) is 1.30. The van der Waals surface area contributed by atoms with E-state index in [4.69, 9.17) is 14.2 Å². The molecule has 0 unspecified atom stereocenters. The molecule has 20 heavy (non-hydrogen) atoms. The maximum atomic E-state index is 6.11. The molecule has 110 valence electrons. The number of benzene rings is 1. The van der Waals surface area contributed by atoms with Crippen LogP contribution in [0, 0.1) is 0 Å². The van der Waals surface area contributed by atoms with Crippen LogP contribution in [0.2, 0.25) is 0 Å². The Bertz CT molecular complexity index is 417. The molecule has 1 spiro atoms. The standard InChI is InChI=1S/C16H23NO3/c1-13(14-5-3-2-4-6-14)17-11-15-12-19-16(20-15)7-9-18-10-8-16/h2-6,13,15,17H,7-12H2,1H3/t13-,15+/m1/s1. The van der Waals surface area contributed by atoms with Gasteiger partial charge in [-0.15, -0.1) is 0 Å². The highest BCUT2D eigenvalue weighted by Gasteiger charge is 2.42. The highest BCUT2D eigenvalue weighted by atomic mass is 16.7. The second kappa shape index (κ2) is 6.22. The monoisotopic (exact) mass is 277 g/mol. The van der Waals surface area contributed by atoms with Gasteiger partial charge in [-0.2, -0.15) is 0 Å². The Morgan fingerprint density at radius 2 is 2.00 bits per heavy atom. The summed E-state index contributed by atoms with van der Waals surface area (Å²) in [7, 11) is 0. The average Bonchev–Trinajstić information content (AvgIpc) is 2.89. The van der Waals surface area contributed by atoms with Crippen molar-refractivity contribution in [2.45, 2.75) is 37.7 Å². The Labute approximate surface area is 120 Å². The van der Waals surface area contributed by atoms with Crippen molar-refractivity contribution in [2.75, 3.05) is 26.4 Å². The zero-order valence-corrected chi connectivity index (χ0v) is 12.0. The van der Waals surface area contributed by atoms with Crippen molar-refractivity contribution < 1.29 is 14.2 Å². The fourth-order valence-electron chi connectivity index (χ4n) is 2.83. The predicted octanol–water partition coefficient (Wildman–Crippen LogP) is 2.26. The second-order valence-electron chi connectivity index (χ2n) is 5.61. The first-order valence-corrected chi connectivity index (χ1v) is 7.45. The Balaban J connectivity index is 1.48. The Morgan fingerprint density at radius 1 is 1.25 bits per heavy atom. The minimum Gasteiger partial charge on any atom is -0.381 e. The maximum Gasteiger partial charge on any atom is 0.173 e. The summed E-state index contributed by atoms with van der Waals surface area (Å²) < 4.78 is 17.4. The first-order chi connectivity index (χ1) is 9.77. The summed E-state index contributed by atoms with van der Waals surface area (Å²) in [5.74, 6) is -0.374. The van der Waals surface area contributed by atoms with Gasteiger partial charge >= 0.3 is 0 Å². The van der Waals surface area contributed by atoms with Gasteiger partial charge in [0.1, 0.15) is 0 Å². The van der Waals surface area contributed by atoms with Gasteiger partial charge in [0.15, 0.2) is 5.79 Å². The number of hydrogen-bond donors (Lipinski definition) is 1. The van der Waals surface area contributed by atoms with Gasteiger partial charge in [-0.1, -0.05) is 30.3 Å². The van der Waals surface area contributed by atoms with Gasteiger partial charge < -0.3 is 19.5 Å². The molecule has 2 saturated heterocycles. The minimum atomic E-state index is -0.374. The Kier molecular flexibility index (Phi) is 4.36. The first-order valence-electron chi connectivity index (χ1n) is 7.45. The number of nitrogens with one attached hydrogen (secondary N) is 1. The lowest BCUT2D eigenvalue weighted by atomic mass is 10.1. The van der Waals surface area contributed by atoms with Crippen LogP contribution in [0.3, 0.4) is 0 Å². The average molecular weight is 277 g/mol. The van der Waals surface area contributed by atoms with Gasteiger partial charge in [-0.3, -0.25) is 0 Å². The molecule has 1 aromatic rings. The number of ether oxygens (including phenoxy) is 3. The third kappa shape index (κ3) is 3.20. The molecule has 1 aromatic carbocycles. The van der Waals surface area contributed by atoms with Crippen molar-refractivity contribution in [3.63, 3.8) is 0 Å². The zero-order chi connectivity index (χ0) is 13.8. The van der Waals surface area contributed by atoms with Gasteiger partial charge in [0, 0.05) is 25.4 Å². The van der Waals surface area contributed by atoms with E-state index >= 15 is 0 Å². The van der Waals surface area contributed by atoms with E-state index in [0.717, 1.165) is 32.6 Å². The smallest absolute Gasteiger partial charge is 0.173 e. The summed E-state index contributed by atoms with van der Waals surface area (Å²) in [4.78, 5) is 0. The lowest BCUT2D eigenvalue weighted by molar-refractivity contribution is -0.210. The van der Waals surface area contributed by atoms with Crippen LogP contribution in [-0.4, -0.2) is 38.3 Å². The first kappa shape index (κ1) is 14.0. The van der Waals surface area contributed by atoms with Crippen molar-refractivity contribution in [1.82, 2.24) is 5.32 Å². The lowest BCUT2D eigenvalue weighted by Crippen LogP contribution is -2.39. The molecule has 0 saturated carbocycles. The topological polar surface area (TPSA) is 39.7 Å². The summed E-state index contributed by atoms with van der Waals surface area (Å²) in [6.07, 6.45) is 1.83. The molecule has 2 aliphatic heterocycles. The molecular weight excluding hydrogens is 254 g/mol. The minimum absolute atomic E-state index is 0.138. The van der Waals surface area contributed by atoms with Crippen LogP contribution in [0.5, 0.6) is 0 Å². The highest BCUT2D eigenvalue weighted by molar-refractivity contribution is 5.18. The van der Waals surface area contributed by atoms with Crippen molar-refractivity contribution in [2.24, 2.45) is 0 Å².